The predicted molar refractivity (Wildman–Crippen MR) is 107 cm³/mol. The Balaban J connectivity index is 1.96. The molecular weight excluding hydrogens is 376 g/mol. The number of thiophene rings is 1. The molecule has 7 heteroatoms. The largest absolute Gasteiger partial charge is 0.493 e. The number of hydrogen-bond acceptors (Lipinski definition) is 6. The molecular formula is C21H22N2O4S. The number of nitriles is 1. The van der Waals surface area contributed by atoms with Crippen LogP contribution in [0.2, 0.25) is 0 Å². The van der Waals surface area contributed by atoms with Crippen LogP contribution in [0.15, 0.2) is 30.3 Å². The zero-order valence-electron chi connectivity index (χ0n) is 15.9. The number of hydrogen-bond donors (Lipinski definition) is 1. The number of nitrogens with one attached hydrogen (secondary N) is 1. The third-order valence-electron chi connectivity index (χ3n) is 3.82. The Morgan fingerprint density at radius 2 is 2.11 bits per heavy atom. The molecule has 1 aromatic heterocycles. The van der Waals surface area contributed by atoms with E-state index in [4.69, 9.17) is 25.9 Å². The molecule has 0 fully saturated rings. The van der Waals surface area contributed by atoms with Gasteiger partial charge in [0.2, 0.25) is 0 Å². The van der Waals surface area contributed by atoms with E-state index in [0.717, 1.165) is 15.3 Å². The molecule has 0 aliphatic heterocycles. The molecule has 2 aromatic rings. The Morgan fingerprint density at radius 1 is 1.29 bits per heavy atom. The molecule has 1 N–H and O–H groups in total. The number of methoxy groups -OCH3 is 1. The quantitative estimate of drug-likeness (QED) is 0.622. The first-order valence-electron chi connectivity index (χ1n) is 8.64. The van der Waals surface area contributed by atoms with E-state index < -0.39 is 6.10 Å². The van der Waals surface area contributed by atoms with Gasteiger partial charge in [0.15, 0.2) is 24.2 Å². The third-order valence-corrected chi connectivity index (χ3v) is 4.87. The lowest BCUT2D eigenvalue weighted by atomic mass is 10.1. The summed E-state index contributed by atoms with van der Waals surface area (Å²) in [4.78, 5) is 14.5. The van der Waals surface area contributed by atoms with Crippen LogP contribution in [-0.4, -0.2) is 32.8 Å². The predicted octanol–water partition coefficient (Wildman–Crippen LogP) is 3.02. The molecule has 1 unspecified atom stereocenters. The highest BCUT2D eigenvalue weighted by molar-refractivity contribution is 7.12. The van der Waals surface area contributed by atoms with Crippen molar-refractivity contribution in [1.29, 1.82) is 5.26 Å². The van der Waals surface area contributed by atoms with E-state index in [-0.39, 0.29) is 19.1 Å². The highest BCUT2D eigenvalue weighted by Crippen LogP contribution is 2.28. The monoisotopic (exact) mass is 398 g/mol. The zero-order chi connectivity index (χ0) is 20.4. The number of benzene rings is 1. The first-order valence-corrected chi connectivity index (χ1v) is 9.46. The van der Waals surface area contributed by atoms with Crippen molar-refractivity contribution in [1.82, 2.24) is 5.32 Å². The molecule has 146 valence electrons. The summed E-state index contributed by atoms with van der Waals surface area (Å²) < 4.78 is 16.1. The Kier molecular flexibility index (Phi) is 8.36. The van der Waals surface area contributed by atoms with Crippen LogP contribution in [0, 0.1) is 30.6 Å². The normalized spacial score (nSPS) is 11.1. The second kappa shape index (κ2) is 11.0. The topological polar surface area (TPSA) is 80.6 Å². The average molecular weight is 398 g/mol. The molecule has 0 spiro atoms. The van der Waals surface area contributed by atoms with E-state index in [9.17, 15) is 4.79 Å². The van der Waals surface area contributed by atoms with Crippen LogP contribution in [0.25, 0.3) is 0 Å². The highest BCUT2D eigenvalue weighted by atomic mass is 32.1. The number of ether oxygens (including phenoxy) is 3. The van der Waals surface area contributed by atoms with Crippen molar-refractivity contribution in [3.8, 4) is 29.9 Å². The maximum Gasteiger partial charge on any atom is 0.254 e. The van der Waals surface area contributed by atoms with E-state index in [1.165, 1.54) is 18.4 Å². The Morgan fingerprint density at radius 3 is 2.75 bits per heavy atom. The van der Waals surface area contributed by atoms with Gasteiger partial charge in [-0.05, 0) is 43.2 Å². The lowest BCUT2D eigenvalue weighted by molar-refractivity contribution is -0.132. The third kappa shape index (κ3) is 6.02. The van der Waals surface area contributed by atoms with Gasteiger partial charge in [-0.3, -0.25) is 4.79 Å². The number of carbonyl (C=O) groups excluding carboxylic acids is 1. The van der Waals surface area contributed by atoms with Gasteiger partial charge >= 0.3 is 0 Å². The fourth-order valence-electron chi connectivity index (χ4n) is 2.53. The van der Waals surface area contributed by atoms with Crippen molar-refractivity contribution in [2.24, 2.45) is 0 Å². The molecule has 0 aliphatic carbocycles. The second-order valence-corrected chi connectivity index (χ2v) is 7.14. The van der Waals surface area contributed by atoms with E-state index in [1.807, 2.05) is 37.3 Å². The summed E-state index contributed by atoms with van der Waals surface area (Å²) in [6.07, 6.45) is 5.15. The maximum atomic E-state index is 12.6. The fraction of sp³-hybridized carbons (Fsp3) is 0.333. The minimum atomic E-state index is -0.717. The van der Waals surface area contributed by atoms with E-state index >= 15 is 0 Å². The number of amides is 1. The second-order valence-electron chi connectivity index (χ2n) is 5.82. The zero-order valence-corrected chi connectivity index (χ0v) is 16.7. The molecule has 1 atom stereocenters. The average Bonchev–Trinajstić information content (AvgIpc) is 3.13. The Hall–Kier alpha value is -3.00. The number of terminal acetylenes is 1. The molecule has 0 aliphatic rings. The molecule has 0 radical (unpaired) electrons. The highest BCUT2D eigenvalue weighted by Gasteiger charge is 2.22. The first-order chi connectivity index (χ1) is 13.6. The van der Waals surface area contributed by atoms with Crippen molar-refractivity contribution in [3.63, 3.8) is 0 Å². The molecule has 28 heavy (non-hydrogen) atoms. The minimum absolute atomic E-state index is 0.0486. The van der Waals surface area contributed by atoms with Crippen molar-refractivity contribution < 1.29 is 19.0 Å². The van der Waals surface area contributed by atoms with Crippen molar-refractivity contribution >= 4 is 17.2 Å². The van der Waals surface area contributed by atoms with Crippen molar-refractivity contribution in [2.45, 2.75) is 19.4 Å². The Labute approximate surface area is 169 Å². The van der Waals surface area contributed by atoms with E-state index in [0.29, 0.717) is 24.5 Å². The maximum absolute atomic E-state index is 12.6. The summed E-state index contributed by atoms with van der Waals surface area (Å²) >= 11 is 1.51. The Bertz CT molecular complexity index is 879. The van der Waals surface area contributed by atoms with Gasteiger partial charge in [0, 0.05) is 16.3 Å². The van der Waals surface area contributed by atoms with Gasteiger partial charge in [0.1, 0.15) is 12.7 Å². The summed E-state index contributed by atoms with van der Waals surface area (Å²) in [5.41, 5.74) is 0.967. The van der Waals surface area contributed by atoms with Crippen LogP contribution >= 0.6 is 11.3 Å². The van der Waals surface area contributed by atoms with E-state index in [1.54, 1.807) is 6.07 Å². The molecule has 1 heterocycles. The molecule has 0 saturated carbocycles. The van der Waals surface area contributed by atoms with E-state index in [2.05, 4.69) is 11.2 Å². The van der Waals surface area contributed by atoms with Crippen molar-refractivity contribution in [2.75, 3.05) is 26.9 Å². The van der Waals surface area contributed by atoms with Crippen LogP contribution in [0.1, 0.15) is 21.4 Å². The summed E-state index contributed by atoms with van der Waals surface area (Å²) in [7, 11) is 1.54. The molecule has 2 rings (SSSR count). The van der Waals surface area contributed by atoms with Crippen LogP contribution in [-0.2, 0) is 16.0 Å². The van der Waals surface area contributed by atoms with Gasteiger partial charge in [0.25, 0.3) is 5.91 Å². The lowest BCUT2D eigenvalue weighted by Crippen LogP contribution is -2.32. The standard InChI is InChI=1S/C21H22N2O4S/c1-4-12-27-20(19-8-5-15(2)28-19)21(24)23-11-9-16-6-7-17(26-13-10-22)18(14-16)25-3/h1,5-8,14,20H,9,11-13H2,2-3H3,(H,23,24). The number of carbonyl (C=O) groups is 1. The van der Waals surface area contributed by atoms with Gasteiger partial charge in [0.05, 0.1) is 7.11 Å². The van der Waals surface area contributed by atoms with Gasteiger partial charge in [-0.2, -0.15) is 5.26 Å². The van der Waals surface area contributed by atoms with Gasteiger partial charge < -0.3 is 19.5 Å². The molecule has 1 amide bonds. The van der Waals surface area contributed by atoms with Crippen molar-refractivity contribution in [3.05, 3.63) is 45.6 Å². The SMILES string of the molecule is C#CCOC(C(=O)NCCc1ccc(OCC#N)c(OC)c1)c1ccc(C)s1. The van der Waals surface area contributed by atoms with Gasteiger partial charge in [-0.25, -0.2) is 0 Å². The van der Waals surface area contributed by atoms with Crippen LogP contribution in [0.3, 0.4) is 0 Å². The van der Waals surface area contributed by atoms with Crippen LogP contribution in [0.5, 0.6) is 11.5 Å². The fourth-order valence-corrected chi connectivity index (χ4v) is 3.46. The number of aryl methyl sites for hydroxylation is 1. The van der Waals surface area contributed by atoms with Gasteiger partial charge in [-0.1, -0.05) is 12.0 Å². The number of rotatable bonds is 10. The molecule has 1 aromatic carbocycles. The first kappa shape index (κ1) is 21.3. The van der Waals surface area contributed by atoms with Crippen LogP contribution in [0.4, 0.5) is 0 Å². The summed E-state index contributed by atoms with van der Waals surface area (Å²) in [5.74, 6) is 3.23. The molecule has 0 bridgehead atoms. The van der Waals surface area contributed by atoms with Crippen LogP contribution < -0.4 is 14.8 Å². The molecule has 6 nitrogen and oxygen atoms in total. The number of nitrogens with zero attached hydrogens (tertiary/aromatic N) is 1. The summed E-state index contributed by atoms with van der Waals surface area (Å²) in [6, 6.07) is 11.2. The summed E-state index contributed by atoms with van der Waals surface area (Å²) in [6.45, 7) is 2.42. The smallest absolute Gasteiger partial charge is 0.254 e. The van der Waals surface area contributed by atoms with Gasteiger partial charge in [-0.15, -0.1) is 17.8 Å². The lowest BCUT2D eigenvalue weighted by Gasteiger charge is -2.15. The molecule has 0 saturated heterocycles. The summed E-state index contributed by atoms with van der Waals surface area (Å²) in [5, 5.41) is 11.5. The minimum Gasteiger partial charge on any atom is -0.493 e.